The van der Waals surface area contributed by atoms with Gasteiger partial charge in [-0.2, -0.15) is 13.2 Å². The lowest BCUT2D eigenvalue weighted by atomic mass is 10.3. The minimum Gasteiger partial charge on any atom is -0.370 e. The lowest BCUT2D eigenvalue weighted by molar-refractivity contribution is -0.148. The molecule has 2 rings (SSSR count). The van der Waals surface area contributed by atoms with Gasteiger partial charge in [0.1, 0.15) is 6.61 Å². The number of amides is 1. The van der Waals surface area contributed by atoms with Crippen LogP contribution in [-0.4, -0.2) is 51.9 Å². The predicted molar refractivity (Wildman–Crippen MR) is 60.3 cm³/mol. The maximum absolute atomic E-state index is 12.6. The predicted octanol–water partition coefficient (Wildman–Crippen LogP) is -0.386. The second kappa shape index (κ2) is 5.75. The van der Waals surface area contributed by atoms with Crippen LogP contribution in [0.2, 0.25) is 0 Å². The average Bonchev–Trinajstić information content (AvgIpc) is 2.81. The molecule has 0 fully saturated rings. The van der Waals surface area contributed by atoms with Crippen molar-refractivity contribution in [3.63, 3.8) is 0 Å². The van der Waals surface area contributed by atoms with E-state index >= 15 is 0 Å². The number of nitrogens with two attached hydrogens (primary N) is 1. The fraction of sp³-hybridized carbons (Fsp3) is 0.700. The van der Waals surface area contributed by atoms with Gasteiger partial charge in [0.2, 0.25) is 11.7 Å². The standard InChI is InChI=1S/C10H14F3N5O2/c11-10(12,13)9-16-15-7-5-17(2-3-18(7)9)8(19)6-20-4-1-14/h1-6,14H2. The molecule has 0 unspecified atom stereocenters. The minimum atomic E-state index is -4.54. The molecule has 1 aromatic heterocycles. The molecule has 1 aliphatic rings. The number of rotatable bonds is 4. The van der Waals surface area contributed by atoms with E-state index in [0.717, 1.165) is 4.57 Å². The molecular weight excluding hydrogens is 279 g/mol. The Morgan fingerprint density at radius 1 is 1.35 bits per heavy atom. The molecule has 10 heteroatoms. The van der Waals surface area contributed by atoms with Crippen molar-refractivity contribution in [3.8, 4) is 0 Å². The number of alkyl halides is 3. The summed E-state index contributed by atoms with van der Waals surface area (Å²) in [5.74, 6) is -1.21. The fourth-order valence-corrected chi connectivity index (χ4v) is 1.91. The number of carbonyl (C=O) groups excluding carboxylic acids is 1. The molecule has 20 heavy (non-hydrogen) atoms. The van der Waals surface area contributed by atoms with Crippen molar-refractivity contribution in [2.75, 3.05) is 26.3 Å². The molecule has 1 amide bonds. The largest absolute Gasteiger partial charge is 0.451 e. The number of hydrogen-bond donors (Lipinski definition) is 1. The first kappa shape index (κ1) is 14.7. The smallest absolute Gasteiger partial charge is 0.370 e. The van der Waals surface area contributed by atoms with E-state index in [2.05, 4.69) is 10.2 Å². The molecule has 0 saturated heterocycles. The number of aromatic nitrogens is 3. The molecule has 1 aromatic rings. The second-order valence-corrected chi connectivity index (χ2v) is 4.25. The SMILES string of the molecule is NCCOCC(=O)N1CCn2c(nnc2C(F)(F)F)C1. The van der Waals surface area contributed by atoms with Gasteiger partial charge in [-0.25, -0.2) is 0 Å². The Morgan fingerprint density at radius 2 is 2.10 bits per heavy atom. The van der Waals surface area contributed by atoms with Crippen LogP contribution in [-0.2, 0) is 28.8 Å². The first-order valence-corrected chi connectivity index (χ1v) is 5.98. The van der Waals surface area contributed by atoms with Gasteiger partial charge >= 0.3 is 6.18 Å². The lowest BCUT2D eigenvalue weighted by Gasteiger charge is -2.27. The van der Waals surface area contributed by atoms with Crippen LogP contribution in [0.3, 0.4) is 0 Å². The second-order valence-electron chi connectivity index (χ2n) is 4.25. The quantitative estimate of drug-likeness (QED) is 0.764. The normalized spacial score (nSPS) is 15.3. The van der Waals surface area contributed by atoms with Crippen LogP contribution in [0.25, 0.3) is 0 Å². The highest BCUT2D eigenvalue weighted by molar-refractivity contribution is 5.77. The van der Waals surface area contributed by atoms with Gasteiger partial charge in [0.25, 0.3) is 0 Å². The summed E-state index contributed by atoms with van der Waals surface area (Å²) >= 11 is 0. The van der Waals surface area contributed by atoms with Gasteiger partial charge in [-0.3, -0.25) is 4.79 Å². The zero-order valence-electron chi connectivity index (χ0n) is 10.6. The van der Waals surface area contributed by atoms with Crippen molar-refractivity contribution >= 4 is 5.91 Å². The molecule has 0 atom stereocenters. The van der Waals surface area contributed by atoms with Crippen LogP contribution in [0.1, 0.15) is 11.6 Å². The molecule has 2 N–H and O–H groups in total. The molecule has 112 valence electrons. The molecular formula is C10H14F3N5O2. The Balaban J connectivity index is 2.02. The summed E-state index contributed by atoms with van der Waals surface area (Å²) in [6.07, 6.45) is -4.54. The summed E-state index contributed by atoms with van der Waals surface area (Å²) in [5.41, 5.74) is 5.22. The van der Waals surface area contributed by atoms with Gasteiger partial charge in [-0.05, 0) is 0 Å². The topological polar surface area (TPSA) is 86.3 Å². The van der Waals surface area contributed by atoms with Crippen LogP contribution < -0.4 is 5.73 Å². The fourth-order valence-electron chi connectivity index (χ4n) is 1.91. The molecule has 1 aliphatic heterocycles. The Hall–Kier alpha value is -1.68. The molecule has 0 bridgehead atoms. The van der Waals surface area contributed by atoms with E-state index < -0.39 is 12.0 Å². The summed E-state index contributed by atoms with van der Waals surface area (Å²) < 4.78 is 43.9. The van der Waals surface area contributed by atoms with Crippen LogP contribution in [0.5, 0.6) is 0 Å². The van der Waals surface area contributed by atoms with Gasteiger partial charge in [0.15, 0.2) is 5.82 Å². The van der Waals surface area contributed by atoms with Crippen molar-refractivity contribution < 1.29 is 22.7 Å². The molecule has 0 radical (unpaired) electrons. The zero-order valence-corrected chi connectivity index (χ0v) is 10.6. The summed E-state index contributed by atoms with van der Waals surface area (Å²) in [4.78, 5) is 13.2. The van der Waals surface area contributed by atoms with Crippen molar-refractivity contribution in [3.05, 3.63) is 11.6 Å². The number of fused-ring (bicyclic) bond motifs is 1. The highest BCUT2D eigenvalue weighted by atomic mass is 19.4. The van der Waals surface area contributed by atoms with E-state index in [1.165, 1.54) is 4.90 Å². The van der Waals surface area contributed by atoms with Gasteiger partial charge in [-0.1, -0.05) is 0 Å². The van der Waals surface area contributed by atoms with E-state index in [9.17, 15) is 18.0 Å². The number of hydrogen-bond acceptors (Lipinski definition) is 5. The van der Waals surface area contributed by atoms with Gasteiger partial charge < -0.3 is 19.9 Å². The highest BCUT2D eigenvalue weighted by Crippen LogP contribution is 2.29. The Bertz CT molecular complexity index is 488. The maximum Gasteiger partial charge on any atom is 0.451 e. The molecule has 0 aromatic carbocycles. The summed E-state index contributed by atoms with van der Waals surface area (Å²) in [7, 11) is 0. The summed E-state index contributed by atoms with van der Waals surface area (Å²) in [6, 6.07) is 0. The van der Waals surface area contributed by atoms with E-state index in [-0.39, 0.29) is 44.6 Å². The Labute approximate surface area is 112 Å². The van der Waals surface area contributed by atoms with Crippen molar-refractivity contribution in [2.45, 2.75) is 19.3 Å². The monoisotopic (exact) mass is 293 g/mol. The molecule has 0 saturated carbocycles. The van der Waals surface area contributed by atoms with Crippen LogP contribution >= 0.6 is 0 Å². The third-order valence-electron chi connectivity index (χ3n) is 2.85. The third kappa shape index (κ3) is 3.07. The van der Waals surface area contributed by atoms with Gasteiger partial charge in [0, 0.05) is 19.6 Å². The van der Waals surface area contributed by atoms with Crippen molar-refractivity contribution in [2.24, 2.45) is 5.73 Å². The molecule has 0 spiro atoms. The van der Waals surface area contributed by atoms with E-state index in [1.54, 1.807) is 0 Å². The molecule has 0 aliphatic carbocycles. The minimum absolute atomic E-state index is 0.00605. The molecule has 7 nitrogen and oxygen atoms in total. The Kier molecular flexibility index (Phi) is 4.23. The van der Waals surface area contributed by atoms with Crippen LogP contribution in [0, 0.1) is 0 Å². The van der Waals surface area contributed by atoms with E-state index in [4.69, 9.17) is 10.5 Å². The number of ether oxygens (including phenoxy) is 1. The maximum atomic E-state index is 12.6. The van der Waals surface area contributed by atoms with E-state index in [0.29, 0.717) is 6.54 Å². The first-order chi connectivity index (χ1) is 9.43. The first-order valence-electron chi connectivity index (χ1n) is 5.98. The van der Waals surface area contributed by atoms with Gasteiger partial charge in [0.05, 0.1) is 13.2 Å². The number of carbonyl (C=O) groups is 1. The summed E-state index contributed by atoms with van der Waals surface area (Å²) in [6.45, 7) is 0.592. The van der Waals surface area contributed by atoms with Crippen molar-refractivity contribution in [1.29, 1.82) is 0 Å². The zero-order chi connectivity index (χ0) is 14.8. The number of halogens is 3. The average molecular weight is 293 g/mol. The number of nitrogens with zero attached hydrogens (tertiary/aromatic N) is 4. The highest BCUT2D eigenvalue weighted by Gasteiger charge is 2.39. The molecule has 2 heterocycles. The van der Waals surface area contributed by atoms with Crippen LogP contribution in [0.15, 0.2) is 0 Å². The Morgan fingerprint density at radius 3 is 2.75 bits per heavy atom. The van der Waals surface area contributed by atoms with Crippen molar-refractivity contribution in [1.82, 2.24) is 19.7 Å². The summed E-state index contributed by atoms with van der Waals surface area (Å²) in [5, 5.41) is 6.63. The lowest BCUT2D eigenvalue weighted by Crippen LogP contribution is -2.41. The van der Waals surface area contributed by atoms with E-state index in [1.807, 2.05) is 0 Å². The van der Waals surface area contributed by atoms with Crippen LogP contribution in [0.4, 0.5) is 13.2 Å². The third-order valence-corrected chi connectivity index (χ3v) is 2.85. The van der Waals surface area contributed by atoms with Gasteiger partial charge in [-0.15, -0.1) is 10.2 Å².